The van der Waals surface area contributed by atoms with Gasteiger partial charge in [-0.1, -0.05) is 34.8 Å². The number of nitrogens with one attached hydrogen (secondary N) is 1. The molecule has 0 bridgehead atoms. The van der Waals surface area contributed by atoms with E-state index in [0.717, 1.165) is 4.90 Å². The van der Waals surface area contributed by atoms with Crippen molar-refractivity contribution in [1.29, 1.82) is 0 Å². The minimum Gasteiger partial charge on any atom is -0.342 e. The highest BCUT2D eigenvalue weighted by molar-refractivity contribution is 8.00. The molecule has 0 spiro atoms. The monoisotopic (exact) mass is 457 g/mol. The molecule has 28 heavy (non-hydrogen) atoms. The zero-order chi connectivity index (χ0) is 20.1. The Kier molecular flexibility index (Phi) is 7.46. The highest BCUT2D eigenvalue weighted by Crippen LogP contribution is 2.30. The Bertz CT molecular complexity index is 856. The van der Waals surface area contributed by atoms with Crippen LogP contribution >= 0.6 is 46.6 Å². The van der Waals surface area contributed by atoms with Crippen molar-refractivity contribution in [3.63, 3.8) is 0 Å². The Balaban J connectivity index is 1.46. The van der Waals surface area contributed by atoms with Crippen molar-refractivity contribution in [3.05, 3.63) is 51.6 Å². The van der Waals surface area contributed by atoms with Crippen molar-refractivity contribution < 1.29 is 9.59 Å². The fraction of sp³-hybridized carbons (Fsp3) is 0.316. The lowest BCUT2D eigenvalue weighted by molar-refractivity contribution is -0.132. The third kappa shape index (κ3) is 5.77. The molecule has 2 aromatic rings. The Morgan fingerprint density at radius 3 is 2.50 bits per heavy atom. The zero-order valence-electron chi connectivity index (χ0n) is 14.8. The van der Waals surface area contributed by atoms with Crippen LogP contribution in [0.5, 0.6) is 0 Å². The molecular formula is C19H18Cl3N3O2S. The number of hydrogen-bond donors (Lipinski definition) is 1. The normalized spacial score (nSPS) is 14.8. The molecule has 0 radical (unpaired) electrons. The summed E-state index contributed by atoms with van der Waals surface area (Å²) >= 11 is 19.3. The zero-order valence-corrected chi connectivity index (χ0v) is 17.9. The van der Waals surface area contributed by atoms with Crippen LogP contribution in [0.3, 0.4) is 0 Å². The van der Waals surface area contributed by atoms with E-state index in [2.05, 4.69) is 10.3 Å². The van der Waals surface area contributed by atoms with E-state index in [4.69, 9.17) is 34.8 Å². The van der Waals surface area contributed by atoms with E-state index in [1.807, 2.05) is 0 Å². The van der Waals surface area contributed by atoms with Crippen LogP contribution in [0.4, 0.5) is 5.82 Å². The summed E-state index contributed by atoms with van der Waals surface area (Å²) in [5, 5.41) is 4.47. The number of hydrogen-bond acceptors (Lipinski definition) is 4. The predicted molar refractivity (Wildman–Crippen MR) is 114 cm³/mol. The highest BCUT2D eigenvalue weighted by atomic mass is 35.5. The number of thioether (sulfide) groups is 1. The maximum Gasteiger partial charge on any atom is 0.232 e. The summed E-state index contributed by atoms with van der Waals surface area (Å²) in [5.41, 5.74) is 0. The number of carbonyl (C=O) groups is 2. The van der Waals surface area contributed by atoms with Crippen LogP contribution in [0.2, 0.25) is 15.1 Å². The van der Waals surface area contributed by atoms with Gasteiger partial charge >= 0.3 is 0 Å². The first-order chi connectivity index (χ1) is 13.4. The number of anilines is 1. The van der Waals surface area contributed by atoms with Gasteiger partial charge in [0, 0.05) is 35.1 Å². The number of benzene rings is 1. The van der Waals surface area contributed by atoms with Gasteiger partial charge in [-0.2, -0.15) is 0 Å². The Morgan fingerprint density at radius 2 is 1.82 bits per heavy atom. The van der Waals surface area contributed by atoms with Crippen LogP contribution in [-0.4, -0.2) is 40.5 Å². The summed E-state index contributed by atoms with van der Waals surface area (Å²) in [6, 6.07) is 8.52. The molecule has 0 aliphatic carbocycles. The largest absolute Gasteiger partial charge is 0.342 e. The fourth-order valence-corrected chi connectivity index (χ4v) is 4.40. The summed E-state index contributed by atoms with van der Waals surface area (Å²) in [6.07, 6.45) is 2.73. The van der Waals surface area contributed by atoms with Gasteiger partial charge < -0.3 is 10.2 Å². The van der Waals surface area contributed by atoms with Crippen LogP contribution in [-0.2, 0) is 9.59 Å². The maximum atomic E-state index is 12.5. The summed E-state index contributed by atoms with van der Waals surface area (Å²) in [5.74, 6) is 0.562. The summed E-state index contributed by atoms with van der Waals surface area (Å²) < 4.78 is 0. The topological polar surface area (TPSA) is 62.3 Å². The second-order valence-corrected chi connectivity index (χ2v) is 8.67. The van der Waals surface area contributed by atoms with Crippen LogP contribution in [0.25, 0.3) is 0 Å². The van der Waals surface area contributed by atoms with Gasteiger partial charge in [-0.05, 0) is 43.2 Å². The van der Waals surface area contributed by atoms with Crippen molar-refractivity contribution in [1.82, 2.24) is 9.88 Å². The first-order valence-corrected chi connectivity index (χ1v) is 10.8. The van der Waals surface area contributed by atoms with Gasteiger partial charge in [-0.15, -0.1) is 11.8 Å². The number of pyridine rings is 1. The number of amides is 2. The van der Waals surface area contributed by atoms with E-state index in [9.17, 15) is 9.59 Å². The first-order valence-electron chi connectivity index (χ1n) is 8.70. The Labute approximate surface area is 182 Å². The molecule has 0 saturated carbocycles. The molecule has 1 fully saturated rings. The van der Waals surface area contributed by atoms with Crippen molar-refractivity contribution in [2.24, 2.45) is 5.92 Å². The smallest absolute Gasteiger partial charge is 0.232 e. The number of carbonyl (C=O) groups excluding carboxylic acids is 2. The quantitative estimate of drug-likeness (QED) is 0.640. The second-order valence-electron chi connectivity index (χ2n) is 6.37. The standard InChI is InChI=1S/C19H18Cl3N3O2S/c20-13-1-3-15(22)16(9-13)28-11-18(26)25-7-5-12(6-8-25)19(27)24-17-4-2-14(21)10-23-17/h1-4,9-10,12H,5-8,11H2,(H,23,24,27). The Morgan fingerprint density at radius 1 is 1.11 bits per heavy atom. The van der Waals surface area contributed by atoms with Gasteiger partial charge in [0.25, 0.3) is 0 Å². The minimum atomic E-state index is -0.142. The average molecular weight is 459 g/mol. The molecule has 1 aliphatic rings. The van der Waals surface area contributed by atoms with E-state index in [-0.39, 0.29) is 23.5 Å². The van der Waals surface area contributed by atoms with E-state index in [0.29, 0.717) is 46.8 Å². The molecule has 1 saturated heterocycles. The van der Waals surface area contributed by atoms with Crippen molar-refractivity contribution in [3.8, 4) is 0 Å². The van der Waals surface area contributed by atoms with Crippen molar-refractivity contribution in [2.75, 3.05) is 24.2 Å². The molecule has 0 atom stereocenters. The fourth-order valence-electron chi connectivity index (χ4n) is 2.89. The molecule has 5 nitrogen and oxygen atoms in total. The van der Waals surface area contributed by atoms with E-state index < -0.39 is 0 Å². The average Bonchev–Trinajstić information content (AvgIpc) is 2.70. The van der Waals surface area contributed by atoms with Crippen LogP contribution in [0.15, 0.2) is 41.4 Å². The number of halogens is 3. The van der Waals surface area contributed by atoms with Gasteiger partial charge in [0.1, 0.15) is 5.82 Å². The molecule has 9 heteroatoms. The first kappa shape index (κ1) is 21.2. The molecule has 1 aromatic carbocycles. The van der Waals surface area contributed by atoms with Gasteiger partial charge in [-0.3, -0.25) is 9.59 Å². The molecule has 0 unspecified atom stereocenters. The third-order valence-corrected chi connectivity index (χ3v) is 6.38. The van der Waals surface area contributed by atoms with Gasteiger partial charge in [0.2, 0.25) is 11.8 Å². The van der Waals surface area contributed by atoms with Crippen LogP contribution in [0.1, 0.15) is 12.8 Å². The number of piperidine rings is 1. The van der Waals surface area contributed by atoms with E-state index in [1.165, 1.54) is 18.0 Å². The number of nitrogens with zero attached hydrogens (tertiary/aromatic N) is 2. The van der Waals surface area contributed by atoms with Crippen molar-refractivity contribution >= 4 is 64.2 Å². The lowest BCUT2D eigenvalue weighted by Crippen LogP contribution is -2.42. The lowest BCUT2D eigenvalue weighted by atomic mass is 9.96. The lowest BCUT2D eigenvalue weighted by Gasteiger charge is -2.31. The molecule has 1 N–H and O–H groups in total. The molecule has 148 valence electrons. The van der Waals surface area contributed by atoms with E-state index in [1.54, 1.807) is 35.2 Å². The maximum absolute atomic E-state index is 12.5. The molecule has 1 aliphatic heterocycles. The van der Waals surface area contributed by atoms with Crippen LogP contribution < -0.4 is 5.32 Å². The predicted octanol–water partition coefficient (Wildman–Crippen LogP) is 5.01. The van der Waals surface area contributed by atoms with Crippen molar-refractivity contribution in [2.45, 2.75) is 17.7 Å². The van der Waals surface area contributed by atoms with Gasteiger partial charge in [0.15, 0.2) is 0 Å². The minimum absolute atomic E-state index is 0.0271. The number of rotatable bonds is 5. The van der Waals surface area contributed by atoms with Gasteiger partial charge in [0.05, 0.1) is 15.8 Å². The van der Waals surface area contributed by atoms with Crippen LogP contribution in [0, 0.1) is 5.92 Å². The molecule has 2 amide bonds. The molecular weight excluding hydrogens is 441 g/mol. The second kappa shape index (κ2) is 9.83. The van der Waals surface area contributed by atoms with Gasteiger partial charge in [-0.25, -0.2) is 4.98 Å². The summed E-state index contributed by atoms with van der Waals surface area (Å²) in [7, 11) is 0. The molecule has 1 aromatic heterocycles. The SMILES string of the molecule is O=C(Nc1ccc(Cl)cn1)C1CCN(C(=O)CSc2cc(Cl)ccc2Cl)CC1. The highest BCUT2D eigenvalue weighted by Gasteiger charge is 2.27. The Hall–Kier alpha value is -1.47. The van der Waals surface area contributed by atoms with E-state index >= 15 is 0 Å². The summed E-state index contributed by atoms with van der Waals surface area (Å²) in [4.78, 5) is 31.5. The number of likely N-dealkylation sites (tertiary alicyclic amines) is 1. The summed E-state index contributed by atoms with van der Waals surface area (Å²) in [6.45, 7) is 1.10. The molecule has 3 rings (SSSR count). The number of aromatic nitrogens is 1. The molecule has 2 heterocycles. The third-order valence-electron chi connectivity index (χ3n) is 4.44.